The lowest BCUT2D eigenvalue weighted by Gasteiger charge is -2.26. The zero-order valence-corrected chi connectivity index (χ0v) is 38.8. The number of fused-ring (bicyclic) bond motifs is 9. The molecule has 13 rings (SSSR count). The summed E-state index contributed by atoms with van der Waals surface area (Å²) in [6, 6.07) is 84.6. The van der Waals surface area contributed by atoms with Gasteiger partial charge in [-0.15, -0.1) is 0 Å². The largest absolute Gasteiger partial charge is 0.311 e. The molecule has 11 aromatic rings. The molecule has 0 saturated heterocycles. The third-order valence-corrected chi connectivity index (χ3v) is 16.4. The number of hydrogen-bond donors (Lipinski definition) is 0. The van der Waals surface area contributed by atoms with Crippen LogP contribution >= 0.6 is 23.5 Å². The van der Waals surface area contributed by atoms with Crippen molar-refractivity contribution in [1.29, 1.82) is 0 Å². The monoisotopic (exact) mass is 892 g/mol. The molecule has 67 heavy (non-hydrogen) atoms. The van der Waals surface area contributed by atoms with Crippen LogP contribution in [0.5, 0.6) is 0 Å². The van der Waals surface area contributed by atoms with E-state index in [1.54, 1.807) is 0 Å². The third-order valence-electron chi connectivity index (χ3n) is 13.9. The van der Waals surface area contributed by atoms with Crippen molar-refractivity contribution in [2.75, 3.05) is 4.90 Å². The summed E-state index contributed by atoms with van der Waals surface area (Å²) in [5.74, 6) is 0. The van der Waals surface area contributed by atoms with E-state index < -0.39 is 0 Å². The van der Waals surface area contributed by atoms with Gasteiger partial charge in [0.1, 0.15) is 0 Å². The smallest absolute Gasteiger partial charge is 0.0622 e. The molecule has 0 bridgehead atoms. The summed E-state index contributed by atoms with van der Waals surface area (Å²) in [6.07, 6.45) is 0. The van der Waals surface area contributed by atoms with Gasteiger partial charge in [0.25, 0.3) is 0 Å². The van der Waals surface area contributed by atoms with Crippen LogP contribution in [-0.2, 0) is 5.41 Å². The highest BCUT2D eigenvalue weighted by Crippen LogP contribution is 2.58. The third kappa shape index (κ3) is 6.66. The van der Waals surface area contributed by atoms with E-state index in [0.717, 1.165) is 17.1 Å². The van der Waals surface area contributed by atoms with E-state index in [2.05, 4.69) is 254 Å². The van der Waals surface area contributed by atoms with Gasteiger partial charge in [-0.25, -0.2) is 0 Å². The van der Waals surface area contributed by atoms with Gasteiger partial charge in [-0.2, -0.15) is 0 Å². The van der Waals surface area contributed by atoms with E-state index in [4.69, 9.17) is 0 Å². The summed E-state index contributed by atoms with van der Waals surface area (Å²) in [6.45, 7) is 4.80. The molecule has 0 atom stereocenters. The van der Waals surface area contributed by atoms with Crippen LogP contribution < -0.4 is 4.90 Å². The second-order valence-electron chi connectivity index (χ2n) is 18.1. The molecule has 1 aliphatic carbocycles. The second-order valence-corrected chi connectivity index (χ2v) is 20.3. The molecular weight excluding hydrogens is 849 g/mol. The Morgan fingerprint density at radius 1 is 0.373 bits per heavy atom. The number of rotatable bonds is 7. The van der Waals surface area contributed by atoms with Gasteiger partial charge in [0.2, 0.25) is 0 Å². The van der Waals surface area contributed by atoms with Gasteiger partial charge in [-0.1, -0.05) is 189 Å². The van der Waals surface area contributed by atoms with Crippen molar-refractivity contribution in [3.8, 4) is 50.2 Å². The Morgan fingerprint density at radius 3 is 1.43 bits per heavy atom. The molecule has 0 saturated carbocycles. The lowest BCUT2D eigenvalue weighted by molar-refractivity contribution is 0.658. The predicted molar refractivity (Wildman–Crippen MR) is 284 cm³/mol. The summed E-state index contributed by atoms with van der Waals surface area (Å²) < 4.78 is 2.51. The van der Waals surface area contributed by atoms with Crippen molar-refractivity contribution >= 4 is 62.4 Å². The van der Waals surface area contributed by atoms with Crippen molar-refractivity contribution in [2.24, 2.45) is 0 Å². The number of benzene rings is 10. The van der Waals surface area contributed by atoms with E-state index in [1.165, 1.54) is 103 Å². The summed E-state index contributed by atoms with van der Waals surface area (Å²) >= 11 is 3.81. The summed E-state index contributed by atoms with van der Waals surface area (Å²) in [5.41, 5.74) is 19.6. The molecule has 2 aliphatic rings. The summed E-state index contributed by atoms with van der Waals surface area (Å²) in [7, 11) is 0. The molecule has 0 N–H and O–H groups in total. The van der Waals surface area contributed by atoms with Crippen molar-refractivity contribution < 1.29 is 0 Å². The standard InChI is InChI=1S/C63H44N2S2/c1-63(2)54-38-37-52-51-17-9-10-18-56(51)65(62(52)61(54)53-39-59-60(40-55(53)63)67-58-20-12-11-19-57(58)66-59)50-35-29-46(30-36-50)43-23-21-42(22-24-43)45-27-33-49(34-28-45)64(47-15-7-4-8-16-47)48-31-25-44(26-32-48)41-13-5-3-6-14-41/h3-40H,1-2H3. The highest BCUT2D eigenvalue weighted by atomic mass is 32.2. The normalized spacial score (nSPS) is 13.2. The van der Waals surface area contributed by atoms with E-state index in [-0.39, 0.29) is 5.41 Å². The van der Waals surface area contributed by atoms with Gasteiger partial charge < -0.3 is 9.47 Å². The summed E-state index contributed by atoms with van der Waals surface area (Å²) in [4.78, 5) is 7.69. The van der Waals surface area contributed by atoms with Gasteiger partial charge in [-0.3, -0.25) is 0 Å². The Labute approximate surface area is 400 Å². The maximum atomic E-state index is 2.51. The van der Waals surface area contributed by atoms with Crippen LogP contribution in [0.1, 0.15) is 25.0 Å². The quantitative estimate of drug-likeness (QED) is 0.158. The minimum atomic E-state index is -0.131. The summed E-state index contributed by atoms with van der Waals surface area (Å²) in [5, 5.41) is 2.57. The fourth-order valence-corrected chi connectivity index (χ4v) is 12.8. The van der Waals surface area contributed by atoms with Crippen molar-refractivity contribution in [3.63, 3.8) is 0 Å². The molecule has 0 spiro atoms. The van der Waals surface area contributed by atoms with E-state index in [1.807, 2.05) is 23.5 Å². The molecule has 1 aromatic heterocycles. The molecule has 0 fully saturated rings. The van der Waals surface area contributed by atoms with Crippen LogP contribution in [0.4, 0.5) is 17.1 Å². The number of para-hydroxylation sites is 2. The zero-order valence-electron chi connectivity index (χ0n) is 37.2. The first-order valence-corrected chi connectivity index (χ1v) is 24.6. The lowest BCUT2D eigenvalue weighted by atomic mass is 9.82. The second kappa shape index (κ2) is 15.8. The lowest BCUT2D eigenvalue weighted by Crippen LogP contribution is -2.15. The molecule has 0 amide bonds. The number of nitrogens with zero attached hydrogens (tertiary/aromatic N) is 2. The van der Waals surface area contributed by atoms with Gasteiger partial charge in [0, 0.05) is 64.1 Å². The average Bonchev–Trinajstić information content (AvgIpc) is 3.84. The number of anilines is 3. The van der Waals surface area contributed by atoms with Crippen LogP contribution in [0, 0.1) is 0 Å². The Bertz CT molecular complexity index is 3670. The first kappa shape index (κ1) is 39.8. The van der Waals surface area contributed by atoms with Crippen molar-refractivity contribution in [3.05, 3.63) is 242 Å². The SMILES string of the molecule is CC1(C)c2cc3c(cc2-c2c1ccc1c4ccccc4n(-c4ccc(-c5ccc(-c6ccc(N(c7ccccc7)c7ccc(-c8ccccc8)cc7)cc6)cc5)cc4)c21)Sc1ccccc1S3. The Balaban J connectivity index is 0.818. The zero-order chi connectivity index (χ0) is 44.6. The topological polar surface area (TPSA) is 8.17 Å². The molecule has 0 unspecified atom stereocenters. The highest BCUT2D eigenvalue weighted by molar-refractivity contribution is 8.05. The van der Waals surface area contributed by atoms with Crippen LogP contribution in [0.3, 0.4) is 0 Å². The first-order chi connectivity index (χ1) is 33.0. The van der Waals surface area contributed by atoms with E-state index >= 15 is 0 Å². The Morgan fingerprint density at radius 2 is 0.836 bits per heavy atom. The van der Waals surface area contributed by atoms with Crippen LogP contribution in [0.15, 0.2) is 250 Å². The fourth-order valence-electron chi connectivity index (χ4n) is 10.5. The van der Waals surface area contributed by atoms with E-state index in [0.29, 0.717) is 0 Å². The minimum absolute atomic E-state index is 0.131. The van der Waals surface area contributed by atoms with Gasteiger partial charge in [0.15, 0.2) is 0 Å². The molecule has 1 aliphatic heterocycles. The van der Waals surface area contributed by atoms with Crippen LogP contribution in [0.25, 0.3) is 72.0 Å². The molecule has 2 nitrogen and oxygen atoms in total. The number of aromatic nitrogens is 1. The Hall–Kier alpha value is -7.50. The van der Waals surface area contributed by atoms with Gasteiger partial charge in [-0.05, 0) is 129 Å². The van der Waals surface area contributed by atoms with Crippen molar-refractivity contribution in [1.82, 2.24) is 4.57 Å². The molecule has 318 valence electrons. The van der Waals surface area contributed by atoms with E-state index in [9.17, 15) is 0 Å². The average molecular weight is 893 g/mol. The van der Waals surface area contributed by atoms with Crippen LogP contribution in [-0.4, -0.2) is 4.57 Å². The highest BCUT2D eigenvalue weighted by Gasteiger charge is 2.39. The molecule has 10 aromatic carbocycles. The maximum Gasteiger partial charge on any atom is 0.0622 e. The fraction of sp³-hybridized carbons (Fsp3) is 0.0476. The Kier molecular flexibility index (Phi) is 9.42. The molecule has 0 radical (unpaired) electrons. The molecular formula is C63H44N2S2. The van der Waals surface area contributed by atoms with Gasteiger partial charge >= 0.3 is 0 Å². The minimum Gasteiger partial charge on any atom is -0.311 e. The maximum absolute atomic E-state index is 2.51. The number of hydrogen-bond acceptors (Lipinski definition) is 3. The predicted octanol–water partition coefficient (Wildman–Crippen LogP) is 18.2. The molecule has 4 heteroatoms. The van der Waals surface area contributed by atoms with Crippen LogP contribution in [0.2, 0.25) is 0 Å². The first-order valence-electron chi connectivity index (χ1n) is 23.0. The van der Waals surface area contributed by atoms with Crippen molar-refractivity contribution in [2.45, 2.75) is 38.8 Å². The molecule has 2 heterocycles. The van der Waals surface area contributed by atoms with Gasteiger partial charge in [0.05, 0.1) is 11.0 Å².